The number of rotatable bonds is 3. The minimum absolute atomic E-state index is 0.0316. The average molecular weight is 291 g/mol. The van der Waals surface area contributed by atoms with Crippen LogP contribution in [0.5, 0.6) is 5.75 Å². The second-order valence-electron chi connectivity index (χ2n) is 3.06. The zero-order valence-electron chi connectivity index (χ0n) is 7.98. The van der Waals surface area contributed by atoms with Crippen LogP contribution < -0.4 is 0 Å². The van der Waals surface area contributed by atoms with Crippen molar-refractivity contribution in [2.24, 2.45) is 0 Å². The highest BCUT2D eigenvalue weighted by Crippen LogP contribution is 2.50. The number of phenols is 1. The molecule has 1 nitrogen and oxygen atoms in total. The van der Waals surface area contributed by atoms with Crippen molar-refractivity contribution in [3.05, 3.63) is 23.8 Å². The normalized spacial score (nSPS) is 12.9. The Morgan fingerprint density at radius 1 is 1.25 bits per heavy atom. The van der Waals surface area contributed by atoms with E-state index in [0.717, 1.165) is 0 Å². The summed E-state index contributed by atoms with van der Waals surface area (Å²) >= 11 is 9.34. The Hall–Kier alpha value is -0.260. The molecule has 0 aromatic heterocycles. The van der Waals surface area contributed by atoms with Gasteiger partial charge in [0.05, 0.1) is 0 Å². The maximum atomic E-state index is 13.1. The van der Waals surface area contributed by atoms with Crippen molar-refractivity contribution < 1.29 is 18.3 Å². The van der Waals surface area contributed by atoms with E-state index in [0.29, 0.717) is 5.56 Å². The number of benzene rings is 1. The molecule has 0 heterocycles. The molecule has 0 fully saturated rings. The van der Waals surface area contributed by atoms with E-state index in [1.54, 1.807) is 0 Å². The third-order valence-corrected chi connectivity index (χ3v) is 3.47. The van der Waals surface area contributed by atoms with Gasteiger partial charge in [-0.25, -0.2) is 0 Å². The van der Waals surface area contributed by atoms with Crippen LogP contribution in [0.2, 0.25) is 0 Å². The van der Waals surface area contributed by atoms with Crippen molar-refractivity contribution in [1.82, 2.24) is 0 Å². The van der Waals surface area contributed by atoms with Crippen LogP contribution in [0.4, 0.5) is 13.2 Å². The van der Waals surface area contributed by atoms with Gasteiger partial charge in [0.2, 0.25) is 0 Å². The summed E-state index contributed by atoms with van der Waals surface area (Å²) in [5.74, 6) is -0.0316. The van der Waals surface area contributed by atoms with E-state index < -0.39 is 9.84 Å². The van der Waals surface area contributed by atoms with Crippen molar-refractivity contribution in [3.8, 4) is 5.75 Å². The van der Waals surface area contributed by atoms with Gasteiger partial charge in [0.25, 0.3) is 0 Å². The summed E-state index contributed by atoms with van der Waals surface area (Å²) in [6.45, 7) is 1.53. The first-order chi connectivity index (χ1) is 7.13. The lowest BCUT2D eigenvalue weighted by atomic mass is 10.2. The molecule has 0 saturated carbocycles. The van der Waals surface area contributed by atoms with E-state index in [4.69, 9.17) is 23.2 Å². The highest BCUT2D eigenvalue weighted by Gasteiger charge is 2.53. The quantitative estimate of drug-likeness (QED) is 0.654. The SMILES string of the molecule is Cc1cc(SC(F)(F)C(F)(Cl)Cl)ccc1O. The molecule has 7 heteroatoms. The minimum atomic E-state index is -3.97. The first kappa shape index (κ1) is 13.8. The Balaban J connectivity index is 2.93. The molecule has 0 aliphatic heterocycles. The lowest BCUT2D eigenvalue weighted by Crippen LogP contribution is -2.30. The van der Waals surface area contributed by atoms with Crippen LogP contribution in [0.1, 0.15) is 5.56 Å². The first-order valence-electron chi connectivity index (χ1n) is 4.06. The number of phenolic OH excluding ortho intramolecular Hbond substituents is 1. The molecule has 1 rings (SSSR count). The van der Waals surface area contributed by atoms with E-state index in [1.807, 2.05) is 0 Å². The number of thioether (sulfide) groups is 1. The predicted octanol–water partition coefficient (Wildman–Crippen LogP) is 4.49. The highest BCUT2D eigenvalue weighted by atomic mass is 35.5. The lowest BCUT2D eigenvalue weighted by Gasteiger charge is -2.21. The second kappa shape index (κ2) is 4.55. The van der Waals surface area contributed by atoms with Crippen molar-refractivity contribution in [2.45, 2.75) is 21.7 Å². The number of hydrogen-bond donors (Lipinski definition) is 1. The Morgan fingerprint density at radius 3 is 2.25 bits per heavy atom. The summed E-state index contributed by atoms with van der Waals surface area (Å²) in [5.41, 5.74) is 0.398. The molecule has 1 aromatic rings. The zero-order chi connectivity index (χ0) is 12.6. The number of halogens is 5. The number of aryl methyl sites for hydroxylation is 1. The van der Waals surface area contributed by atoms with Gasteiger partial charge in [-0.1, -0.05) is 23.2 Å². The molecule has 90 valence electrons. The molecule has 1 aromatic carbocycles. The van der Waals surface area contributed by atoms with Crippen LogP contribution in [0, 0.1) is 6.92 Å². The van der Waals surface area contributed by atoms with Gasteiger partial charge in [0, 0.05) is 4.90 Å². The second-order valence-corrected chi connectivity index (χ2v) is 5.49. The van der Waals surface area contributed by atoms with Gasteiger partial charge >= 0.3 is 9.84 Å². The summed E-state index contributed by atoms with van der Waals surface area (Å²) in [6.07, 6.45) is 0. The number of aromatic hydroxyl groups is 1. The van der Waals surface area contributed by atoms with E-state index in [-0.39, 0.29) is 22.4 Å². The third kappa shape index (κ3) is 3.12. The van der Waals surface area contributed by atoms with Crippen LogP contribution in [-0.2, 0) is 0 Å². The smallest absolute Gasteiger partial charge is 0.359 e. The number of alkyl halides is 5. The molecule has 0 atom stereocenters. The Kier molecular flexibility index (Phi) is 3.92. The molecule has 0 amide bonds. The van der Waals surface area contributed by atoms with Crippen LogP contribution in [0.25, 0.3) is 0 Å². The summed E-state index contributed by atoms with van der Waals surface area (Å²) < 4.78 is 35.3. The van der Waals surface area contributed by atoms with Crippen LogP contribution in [-0.4, -0.2) is 14.9 Å². The Bertz CT molecular complexity index is 393. The molecule has 0 bridgehead atoms. The summed E-state index contributed by atoms with van der Waals surface area (Å²) in [4.78, 5) is 0.0589. The van der Waals surface area contributed by atoms with E-state index in [9.17, 15) is 18.3 Å². The molecule has 1 N–H and O–H groups in total. The molecule has 0 radical (unpaired) electrons. The highest BCUT2D eigenvalue weighted by molar-refractivity contribution is 8.00. The van der Waals surface area contributed by atoms with Crippen molar-refractivity contribution >= 4 is 35.0 Å². The monoisotopic (exact) mass is 290 g/mol. The molecule has 0 saturated heterocycles. The largest absolute Gasteiger partial charge is 0.508 e. The Morgan fingerprint density at radius 2 is 1.81 bits per heavy atom. The third-order valence-electron chi connectivity index (χ3n) is 1.74. The van der Waals surface area contributed by atoms with Crippen molar-refractivity contribution in [3.63, 3.8) is 0 Å². The Labute approximate surface area is 105 Å². The van der Waals surface area contributed by atoms with Crippen molar-refractivity contribution in [2.75, 3.05) is 0 Å². The number of hydrogen-bond acceptors (Lipinski definition) is 2. The molecule has 0 spiro atoms. The van der Waals surface area contributed by atoms with Gasteiger partial charge in [-0.05, 0) is 42.4 Å². The summed E-state index contributed by atoms with van der Waals surface area (Å²) in [6, 6.07) is 3.74. The minimum Gasteiger partial charge on any atom is -0.508 e. The van der Waals surface area contributed by atoms with Gasteiger partial charge in [-0.3, -0.25) is 0 Å². The summed E-state index contributed by atoms with van der Waals surface area (Å²) in [5, 5.41) is 5.21. The van der Waals surface area contributed by atoms with E-state index in [1.165, 1.54) is 25.1 Å². The lowest BCUT2D eigenvalue weighted by molar-refractivity contribution is 0.0325. The molecule has 0 aliphatic carbocycles. The molecule has 0 unspecified atom stereocenters. The zero-order valence-corrected chi connectivity index (χ0v) is 10.3. The standard InChI is InChI=1S/C9H7Cl2F3OS/c1-5-4-6(2-3-7(5)15)16-9(13,14)8(10,11)12/h2-4,15H,1H3. The maximum absolute atomic E-state index is 13.1. The molecule has 0 aliphatic rings. The first-order valence-corrected chi connectivity index (χ1v) is 5.64. The maximum Gasteiger partial charge on any atom is 0.359 e. The summed E-state index contributed by atoms with van der Waals surface area (Å²) in [7, 11) is 0. The molecular formula is C9H7Cl2F3OS. The van der Waals surface area contributed by atoms with Gasteiger partial charge in [-0.15, -0.1) is 0 Å². The average Bonchev–Trinajstić information content (AvgIpc) is 2.09. The van der Waals surface area contributed by atoms with Gasteiger partial charge in [-0.2, -0.15) is 13.2 Å². The van der Waals surface area contributed by atoms with Gasteiger partial charge in [0.15, 0.2) is 0 Å². The molecule has 16 heavy (non-hydrogen) atoms. The van der Waals surface area contributed by atoms with Crippen LogP contribution in [0.15, 0.2) is 23.1 Å². The van der Waals surface area contributed by atoms with Crippen LogP contribution in [0.3, 0.4) is 0 Å². The predicted molar refractivity (Wildman–Crippen MR) is 59.2 cm³/mol. The fourth-order valence-corrected chi connectivity index (χ4v) is 1.91. The van der Waals surface area contributed by atoms with Crippen molar-refractivity contribution in [1.29, 1.82) is 0 Å². The fraction of sp³-hybridized carbons (Fsp3) is 0.333. The molecular weight excluding hydrogens is 284 g/mol. The van der Waals surface area contributed by atoms with E-state index in [2.05, 4.69) is 0 Å². The van der Waals surface area contributed by atoms with Gasteiger partial charge in [0.1, 0.15) is 5.75 Å². The topological polar surface area (TPSA) is 20.2 Å². The van der Waals surface area contributed by atoms with E-state index >= 15 is 0 Å². The van der Waals surface area contributed by atoms with Gasteiger partial charge < -0.3 is 5.11 Å². The fourth-order valence-electron chi connectivity index (χ4n) is 0.897. The van der Waals surface area contributed by atoms with Crippen LogP contribution >= 0.6 is 35.0 Å².